The molecule has 0 aliphatic carbocycles. The fourth-order valence-corrected chi connectivity index (χ4v) is 12.4. The van der Waals surface area contributed by atoms with Gasteiger partial charge in [-0.05, 0) is 77.7 Å². The Morgan fingerprint density at radius 1 is 0.869 bits per heavy atom. The van der Waals surface area contributed by atoms with Crippen LogP contribution in [0.4, 0.5) is 4.79 Å². The van der Waals surface area contributed by atoms with E-state index in [2.05, 4.69) is 119 Å². The number of nitrogens with zero attached hydrogens (tertiary/aromatic N) is 5. The van der Waals surface area contributed by atoms with E-state index < -0.39 is 20.2 Å². The Balaban J connectivity index is 1.01. The lowest BCUT2D eigenvalue weighted by Gasteiger charge is -2.34. The average Bonchev–Trinajstić information content (AvgIpc) is 4.10. The van der Waals surface area contributed by atoms with Gasteiger partial charge in [-0.2, -0.15) is 0 Å². The van der Waals surface area contributed by atoms with E-state index in [1.165, 1.54) is 7.11 Å². The number of carbonyl (C=O) groups excluding carboxylic acids is 3. The van der Waals surface area contributed by atoms with Crippen LogP contribution in [-0.2, 0) is 14.3 Å². The van der Waals surface area contributed by atoms with Crippen LogP contribution in [0.15, 0.2) is 91.1 Å². The summed E-state index contributed by atoms with van der Waals surface area (Å²) in [5.74, 6) is 1.53. The Hall–Kier alpha value is -5.79. The van der Waals surface area contributed by atoms with Crippen molar-refractivity contribution in [1.82, 2.24) is 40.0 Å². The van der Waals surface area contributed by atoms with Gasteiger partial charge < -0.3 is 29.8 Å². The van der Waals surface area contributed by atoms with Crippen molar-refractivity contribution < 1.29 is 19.1 Å². The molecule has 4 heterocycles. The molecule has 2 aliphatic rings. The van der Waals surface area contributed by atoms with Gasteiger partial charge in [0, 0.05) is 18.1 Å². The van der Waals surface area contributed by atoms with Gasteiger partial charge in [0.05, 0.1) is 50.2 Å². The van der Waals surface area contributed by atoms with E-state index in [1.807, 2.05) is 43.1 Å². The summed E-state index contributed by atoms with van der Waals surface area (Å²) in [6.45, 7) is 15.0. The van der Waals surface area contributed by atoms with Crippen molar-refractivity contribution in [3.63, 3.8) is 0 Å². The Morgan fingerprint density at radius 2 is 1.59 bits per heavy atom. The number of amides is 3. The number of carbonyl (C=O) groups is 3. The molecule has 13 heteroatoms. The topological polar surface area (TPSA) is 140 Å². The number of likely N-dealkylation sites (tertiary alicyclic amines) is 1. The lowest BCUT2D eigenvalue weighted by Crippen LogP contribution is -2.51. The zero-order valence-corrected chi connectivity index (χ0v) is 37.4. The minimum Gasteiger partial charge on any atom is -0.453 e. The highest BCUT2D eigenvalue weighted by Gasteiger charge is 2.46. The van der Waals surface area contributed by atoms with Gasteiger partial charge in [0.1, 0.15) is 23.7 Å². The zero-order chi connectivity index (χ0) is 43.0. The van der Waals surface area contributed by atoms with Crippen molar-refractivity contribution in [2.24, 2.45) is 5.92 Å². The second-order valence-corrected chi connectivity index (χ2v) is 22.8. The Bertz CT molecular complexity index is 2530. The zero-order valence-electron chi connectivity index (χ0n) is 36.4. The third-order valence-corrected chi connectivity index (χ3v) is 15.4. The number of rotatable bonds is 12. The Kier molecular flexibility index (Phi) is 11.9. The SMILES string of the molecule is CCN(CC)[C@H](C(=O)N1C[Si](C)(C)C[C@H]1c1nc2c(ccc3cc(-c4ccc(-c5cnc([C@@H]6CCCN6C(=O)[C@@H](NC(=O)OC)C(C)C)[nH]5)cc4)ccc32)[nH]1)c1ccccc1. The standard InChI is InChI=1S/C48H58N8O4Si/c1-8-54(9-2)43(33-14-11-10-12-15-33)47(58)56-29-61(6,7)28-40(56)45-50-37-24-22-35-26-34(21-23-36(35)42(37)52-45)31-17-19-32(20-18-31)38-27-49-44(51-38)39-16-13-25-55(39)46(57)41(30(3)4)53-48(59)60-5/h10-12,14-15,17-24,26-27,30,39-41,43H,8-9,13,16,25,28-29H2,1-7H3,(H,49,51)(H,50,52)(H,53,59)/t39-,40-,41-,43-/m0/s1. The van der Waals surface area contributed by atoms with Crippen LogP contribution in [0.25, 0.3) is 44.2 Å². The number of hydrogen-bond donors (Lipinski definition) is 3. The largest absolute Gasteiger partial charge is 0.453 e. The van der Waals surface area contributed by atoms with Crippen LogP contribution in [0.5, 0.6) is 0 Å². The van der Waals surface area contributed by atoms with Crippen LogP contribution < -0.4 is 5.32 Å². The predicted molar refractivity (Wildman–Crippen MR) is 243 cm³/mol. The van der Waals surface area contributed by atoms with Crippen molar-refractivity contribution in [3.05, 3.63) is 108 Å². The molecule has 2 aliphatic heterocycles. The van der Waals surface area contributed by atoms with E-state index in [-0.39, 0.29) is 35.9 Å². The quantitative estimate of drug-likeness (QED) is 0.105. The number of hydrogen-bond acceptors (Lipinski definition) is 7. The second-order valence-electron chi connectivity index (χ2n) is 17.7. The molecule has 8 rings (SSSR count). The highest BCUT2D eigenvalue weighted by molar-refractivity contribution is 6.78. The van der Waals surface area contributed by atoms with E-state index in [0.717, 1.165) is 99.5 Å². The van der Waals surface area contributed by atoms with Gasteiger partial charge in [0.25, 0.3) is 0 Å². The molecule has 3 N–H and O–H groups in total. The number of alkyl carbamates (subject to hydrolysis) is 1. The first-order chi connectivity index (χ1) is 29.4. The molecular formula is C48H58N8O4Si. The monoisotopic (exact) mass is 838 g/mol. The van der Waals surface area contributed by atoms with Gasteiger partial charge >= 0.3 is 6.09 Å². The molecule has 2 fully saturated rings. The summed E-state index contributed by atoms with van der Waals surface area (Å²) in [5, 5.41) is 4.89. The van der Waals surface area contributed by atoms with Gasteiger partial charge in [-0.1, -0.05) is 114 Å². The summed E-state index contributed by atoms with van der Waals surface area (Å²) in [6, 6.07) is 29.1. The normalized spacial score (nSPS) is 18.6. The minimum absolute atomic E-state index is 0.0996. The molecule has 3 amide bonds. The Labute approximate surface area is 359 Å². The average molecular weight is 839 g/mol. The van der Waals surface area contributed by atoms with Crippen molar-refractivity contribution in [1.29, 1.82) is 0 Å². The first-order valence-electron chi connectivity index (χ1n) is 21.7. The predicted octanol–water partition coefficient (Wildman–Crippen LogP) is 9.03. The molecule has 61 heavy (non-hydrogen) atoms. The van der Waals surface area contributed by atoms with Gasteiger partial charge in [0.15, 0.2) is 0 Å². The molecule has 12 nitrogen and oxygen atoms in total. The summed E-state index contributed by atoms with van der Waals surface area (Å²) < 4.78 is 4.78. The molecule has 0 radical (unpaired) electrons. The van der Waals surface area contributed by atoms with Gasteiger partial charge in [-0.3, -0.25) is 14.5 Å². The van der Waals surface area contributed by atoms with Crippen molar-refractivity contribution in [2.45, 2.75) is 83.8 Å². The molecule has 2 aromatic heterocycles. The molecular weight excluding hydrogens is 781 g/mol. The fraction of sp³-hybridized carbons (Fsp3) is 0.396. The number of benzene rings is 4. The third-order valence-electron chi connectivity index (χ3n) is 12.7. The molecule has 6 aromatic rings. The van der Waals surface area contributed by atoms with E-state index in [9.17, 15) is 14.4 Å². The van der Waals surface area contributed by atoms with Crippen LogP contribution in [-0.4, -0.2) is 99.6 Å². The lowest BCUT2D eigenvalue weighted by atomic mass is 9.99. The van der Waals surface area contributed by atoms with Crippen molar-refractivity contribution in [2.75, 3.05) is 32.9 Å². The van der Waals surface area contributed by atoms with Gasteiger partial charge in [-0.25, -0.2) is 14.8 Å². The van der Waals surface area contributed by atoms with Crippen molar-refractivity contribution >= 4 is 47.8 Å². The second kappa shape index (κ2) is 17.3. The van der Waals surface area contributed by atoms with Crippen LogP contribution in [0.2, 0.25) is 19.1 Å². The summed E-state index contributed by atoms with van der Waals surface area (Å²) in [6.07, 6.45) is 3.66. The lowest BCUT2D eigenvalue weighted by molar-refractivity contribution is -0.138. The number of H-pyrrole nitrogens is 2. The third kappa shape index (κ3) is 8.33. The first-order valence-corrected chi connectivity index (χ1v) is 25.1. The minimum atomic E-state index is -1.72. The molecule has 0 spiro atoms. The maximum absolute atomic E-state index is 14.7. The smallest absolute Gasteiger partial charge is 0.407 e. The van der Waals surface area contributed by atoms with E-state index in [0.29, 0.717) is 6.54 Å². The molecule has 4 atom stereocenters. The first kappa shape index (κ1) is 41.9. The maximum Gasteiger partial charge on any atom is 0.407 e. The number of ether oxygens (including phenoxy) is 1. The van der Waals surface area contributed by atoms with Crippen LogP contribution in [0.1, 0.15) is 75.9 Å². The number of nitrogens with one attached hydrogen (secondary N) is 3. The van der Waals surface area contributed by atoms with E-state index in [4.69, 9.17) is 14.7 Å². The molecule has 4 aromatic carbocycles. The summed E-state index contributed by atoms with van der Waals surface area (Å²) in [4.78, 5) is 63.7. The van der Waals surface area contributed by atoms with Crippen molar-refractivity contribution in [3.8, 4) is 22.4 Å². The molecule has 318 valence electrons. The van der Waals surface area contributed by atoms with Crippen LogP contribution in [0.3, 0.4) is 0 Å². The number of imidazole rings is 2. The summed E-state index contributed by atoms with van der Waals surface area (Å²) in [7, 11) is -0.421. The number of methoxy groups -OCH3 is 1. The molecule has 0 bridgehead atoms. The molecule has 0 unspecified atom stereocenters. The number of likely N-dealkylation sites (N-methyl/N-ethyl adjacent to an activating group) is 1. The summed E-state index contributed by atoms with van der Waals surface area (Å²) in [5.41, 5.74) is 7.00. The molecule has 0 saturated carbocycles. The van der Waals surface area contributed by atoms with Crippen LogP contribution in [0, 0.1) is 5.92 Å². The number of fused-ring (bicyclic) bond motifs is 3. The van der Waals surface area contributed by atoms with Crippen LogP contribution >= 0.6 is 0 Å². The summed E-state index contributed by atoms with van der Waals surface area (Å²) >= 11 is 0. The number of aromatic nitrogens is 4. The van der Waals surface area contributed by atoms with E-state index >= 15 is 0 Å². The highest BCUT2D eigenvalue weighted by Crippen LogP contribution is 2.41. The fourth-order valence-electron chi connectivity index (χ4n) is 9.48. The van der Waals surface area contributed by atoms with E-state index in [1.54, 1.807) is 0 Å². The highest BCUT2D eigenvalue weighted by atomic mass is 28.3. The number of aromatic amines is 2. The maximum atomic E-state index is 14.7. The molecule has 2 saturated heterocycles. The van der Waals surface area contributed by atoms with Gasteiger partial charge in [0.2, 0.25) is 11.8 Å². The Morgan fingerprint density at radius 3 is 2.30 bits per heavy atom. The van der Waals surface area contributed by atoms with Gasteiger partial charge in [-0.15, -0.1) is 0 Å².